The molecule has 0 aliphatic carbocycles. The maximum Gasteiger partial charge on any atom is 0.340 e. The quantitative estimate of drug-likeness (QED) is 0.714. The SMILES string of the molecule is COc1cccc(N2C(=O)S/C(=C/c3ccc(OC)c(OC)c3C(=O)O)C2=O)c1. The Hall–Kier alpha value is -3.46. The van der Waals surface area contributed by atoms with Crippen molar-refractivity contribution in [2.75, 3.05) is 26.2 Å². The van der Waals surface area contributed by atoms with Gasteiger partial charge in [-0.3, -0.25) is 9.59 Å². The normalized spacial score (nSPS) is 15.0. The number of anilines is 1. The number of hydrogen-bond donors (Lipinski definition) is 1. The number of carboxylic acids is 1. The Labute approximate surface area is 170 Å². The fraction of sp³-hybridized carbons (Fsp3) is 0.150. The van der Waals surface area contributed by atoms with Gasteiger partial charge in [0.1, 0.15) is 11.3 Å². The summed E-state index contributed by atoms with van der Waals surface area (Å²) in [4.78, 5) is 38.2. The molecule has 29 heavy (non-hydrogen) atoms. The van der Waals surface area contributed by atoms with Gasteiger partial charge in [-0.05, 0) is 41.6 Å². The van der Waals surface area contributed by atoms with Crippen LogP contribution in [0.2, 0.25) is 0 Å². The van der Waals surface area contributed by atoms with E-state index in [1.807, 2.05) is 0 Å². The van der Waals surface area contributed by atoms with E-state index in [1.165, 1.54) is 39.5 Å². The van der Waals surface area contributed by atoms with E-state index >= 15 is 0 Å². The number of amides is 2. The number of benzene rings is 2. The van der Waals surface area contributed by atoms with Gasteiger partial charge in [0.2, 0.25) is 0 Å². The largest absolute Gasteiger partial charge is 0.497 e. The van der Waals surface area contributed by atoms with Crippen LogP contribution in [0.3, 0.4) is 0 Å². The van der Waals surface area contributed by atoms with Crippen molar-refractivity contribution in [2.24, 2.45) is 0 Å². The second-order valence-corrected chi connectivity index (χ2v) is 6.78. The minimum atomic E-state index is -1.25. The number of aromatic carboxylic acids is 1. The lowest BCUT2D eigenvalue weighted by atomic mass is 10.0. The highest BCUT2D eigenvalue weighted by Crippen LogP contribution is 2.39. The van der Waals surface area contributed by atoms with E-state index < -0.39 is 17.1 Å². The van der Waals surface area contributed by atoms with E-state index in [9.17, 15) is 19.5 Å². The number of ether oxygens (including phenoxy) is 3. The minimum Gasteiger partial charge on any atom is -0.497 e. The number of carboxylic acid groups (broad SMARTS) is 1. The van der Waals surface area contributed by atoms with E-state index in [0.29, 0.717) is 11.4 Å². The van der Waals surface area contributed by atoms with Crippen LogP contribution >= 0.6 is 11.8 Å². The Bertz CT molecular complexity index is 1030. The van der Waals surface area contributed by atoms with Crippen LogP contribution in [0.4, 0.5) is 10.5 Å². The Balaban J connectivity index is 2.05. The van der Waals surface area contributed by atoms with Crippen LogP contribution in [0.1, 0.15) is 15.9 Å². The molecule has 1 fully saturated rings. The summed E-state index contributed by atoms with van der Waals surface area (Å²) >= 11 is 0.721. The maximum absolute atomic E-state index is 12.9. The number of carbonyl (C=O) groups is 3. The molecule has 2 aromatic carbocycles. The zero-order chi connectivity index (χ0) is 21.1. The topological polar surface area (TPSA) is 102 Å². The number of thioether (sulfide) groups is 1. The first-order chi connectivity index (χ1) is 13.9. The molecule has 2 aromatic rings. The number of carbonyl (C=O) groups excluding carboxylic acids is 2. The molecule has 1 N–H and O–H groups in total. The van der Waals surface area contributed by atoms with Gasteiger partial charge < -0.3 is 19.3 Å². The number of imide groups is 1. The minimum absolute atomic E-state index is 0.0285. The number of hydrogen-bond acceptors (Lipinski definition) is 7. The molecule has 9 heteroatoms. The van der Waals surface area contributed by atoms with Gasteiger partial charge in [-0.15, -0.1) is 0 Å². The molecule has 0 saturated carbocycles. The smallest absolute Gasteiger partial charge is 0.340 e. The van der Waals surface area contributed by atoms with Gasteiger partial charge in [-0.1, -0.05) is 12.1 Å². The van der Waals surface area contributed by atoms with E-state index in [1.54, 1.807) is 24.3 Å². The van der Waals surface area contributed by atoms with Gasteiger partial charge in [0.05, 0.1) is 31.9 Å². The molecule has 0 unspecified atom stereocenters. The van der Waals surface area contributed by atoms with Crippen molar-refractivity contribution >= 4 is 40.6 Å². The summed E-state index contributed by atoms with van der Waals surface area (Å²) in [5, 5.41) is 9.14. The summed E-state index contributed by atoms with van der Waals surface area (Å²) < 4.78 is 15.4. The Kier molecular flexibility index (Phi) is 5.79. The van der Waals surface area contributed by atoms with Gasteiger partial charge in [0.15, 0.2) is 11.5 Å². The molecule has 0 spiro atoms. The lowest BCUT2D eigenvalue weighted by Crippen LogP contribution is -2.27. The molecule has 0 bridgehead atoms. The highest BCUT2D eigenvalue weighted by molar-refractivity contribution is 8.19. The van der Waals surface area contributed by atoms with Crippen molar-refractivity contribution in [1.82, 2.24) is 0 Å². The third kappa shape index (κ3) is 3.77. The van der Waals surface area contributed by atoms with Crippen LogP contribution < -0.4 is 19.1 Å². The van der Waals surface area contributed by atoms with Crippen molar-refractivity contribution in [3.05, 3.63) is 52.4 Å². The van der Waals surface area contributed by atoms with Gasteiger partial charge >= 0.3 is 5.97 Å². The molecule has 1 heterocycles. The zero-order valence-electron chi connectivity index (χ0n) is 15.8. The molecule has 0 radical (unpaired) electrons. The van der Waals surface area contributed by atoms with E-state index in [4.69, 9.17) is 14.2 Å². The predicted octanol–water partition coefficient (Wildman–Crippen LogP) is 3.65. The molecule has 1 aliphatic rings. The lowest BCUT2D eigenvalue weighted by Gasteiger charge is -2.14. The van der Waals surface area contributed by atoms with Crippen molar-refractivity contribution in [1.29, 1.82) is 0 Å². The molecule has 150 valence electrons. The number of methoxy groups -OCH3 is 3. The molecule has 1 aliphatic heterocycles. The fourth-order valence-electron chi connectivity index (χ4n) is 2.86. The Morgan fingerprint density at radius 2 is 1.83 bits per heavy atom. The lowest BCUT2D eigenvalue weighted by molar-refractivity contribution is -0.113. The summed E-state index contributed by atoms with van der Waals surface area (Å²) in [6.07, 6.45) is 1.36. The first-order valence-corrected chi connectivity index (χ1v) is 9.13. The van der Waals surface area contributed by atoms with Crippen LogP contribution in [0.25, 0.3) is 6.08 Å². The maximum atomic E-state index is 12.9. The Morgan fingerprint density at radius 3 is 2.45 bits per heavy atom. The molecule has 8 nitrogen and oxygen atoms in total. The van der Waals surface area contributed by atoms with Crippen molar-refractivity contribution in [3.63, 3.8) is 0 Å². The molecule has 3 rings (SSSR count). The summed E-state index contributed by atoms with van der Waals surface area (Å²) in [6, 6.07) is 9.56. The molecule has 0 atom stereocenters. The molecule has 0 aromatic heterocycles. The highest BCUT2D eigenvalue weighted by Gasteiger charge is 2.37. The third-order valence-corrected chi connectivity index (χ3v) is 5.05. The zero-order valence-corrected chi connectivity index (χ0v) is 16.6. The third-order valence-electron chi connectivity index (χ3n) is 4.18. The monoisotopic (exact) mass is 415 g/mol. The second kappa shape index (κ2) is 8.27. The van der Waals surface area contributed by atoms with Crippen LogP contribution in [0.15, 0.2) is 41.3 Å². The fourth-order valence-corrected chi connectivity index (χ4v) is 3.70. The second-order valence-electron chi connectivity index (χ2n) is 5.79. The van der Waals surface area contributed by atoms with Crippen molar-refractivity contribution < 1.29 is 33.7 Å². The molecule has 2 amide bonds. The summed E-state index contributed by atoms with van der Waals surface area (Å²) in [7, 11) is 4.20. The molecular weight excluding hydrogens is 398 g/mol. The van der Waals surface area contributed by atoms with Crippen LogP contribution in [0, 0.1) is 0 Å². The highest BCUT2D eigenvalue weighted by atomic mass is 32.2. The predicted molar refractivity (Wildman–Crippen MR) is 108 cm³/mol. The van der Waals surface area contributed by atoms with Crippen molar-refractivity contribution in [3.8, 4) is 17.2 Å². The first kappa shape index (κ1) is 20.3. The molecular formula is C20H17NO7S. The average Bonchev–Trinajstić information content (AvgIpc) is 3.00. The summed E-state index contributed by atoms with van der Waals surface area (Å²) in [5.74, 6) is -1.04. The van der Waals surface area contributed by atoms with E-state index in [-0.39, 0.29) is 27.5 Å². The standard InChI is InChI=1S/C20H17NO7S/c1-26-13-6-4-5-12(10-13)21-18(22)15(29-20(21)25)9-11-7-8-14(27-2)17(28-3)16(11)19(23)24/h4-10H,1-3H3,(H,23,24)/b15-9+. The Morgan fingerprint density at radius 1 is 1.07 bits per heavy atom. The van der Waals surface area contributed by atoms with E-state index in [0.717, 1.165) is 16.7 Å². The van der Waals surface area contributed by atoms with Gasteiger partial charge in [0.25, 0.3) is 11.1 Å². The summed E-state index contributed by atoms with van der Waals surface area (Å²) in [5.41, 5.74) is 0.410. The van der Waals surface area contributed by atoms with Crippen LogP contribution in [-0.2, 0) is 4.79 Å². The number of rotatable bonds is 6. The van der Waals surface area contributed by atoms with Crippen molar-refractivity contribution in [2.45, 2.75) is 0 Å². The van der Waals surface area contributed by atoms with Crippen LogP contribution in [0.5, 0.6) is 17.2 Å². The first-order valence-electron chi connectivity index (χ1n) is 8.31. The molecule has 1 saturated heterocycles. The van der Waals surface area contributed by atoms with Gasteiger partial charge in [-0.25, -0.2) is 9.69 Å². The number of nitrogens with zero attached hydrogens (tertiary/aromatic N) is 1. The average molecular weight is 415 g/mol. The van der Waals surface area contributed by atoms with Crippen LogP contribution in [-0.4, -0.2) is 43.6 Å². The van der Waals surface area contributed by atoms with Gasteiger partial charge in [0, 0.05) is 6.07 Å². The van der Waals surface area contributed by atoms with Gasteiger partial charge in [-0.2, -0.15) is 0 Å². The summed E-state index contributed by atoms with van der Waals surface area (Å²) in [6.45, 7) is 0. The van der Waals surface area contributed by atoms with E-state index in [2.05, 4.69) is 0 Å².